The van der Waals surface area contributed by atoms with Gasteiger partial charge in [0.1, 0.15) is 0 Å². The number of nitrogens with zero attached hydrogens (tertiary/aromatic N) is 2. The van der Waals surface area contributed by atoms with Crippen LogP contribution < -0.4 is 0 Å². The maximum absolute atomic E-state index is 8.54. The molecule has 0 atom stereocenters. The summed E-state index contributed by atoms with van der Waals surface area (Å²) in [7, 11) is 0. The molecule has 0 N–H and O–H groups in total. The number of nitriles is 1. The third kappa shape index (κ3) is 3.58. The Balaban J connectivity index is 2.28. The van der Waals surface area contributed by atoms with E-state index in [0.717, 1.165) is 19.5 Å². The van der Waals surface area contributed by atoms with Crippen molar-refractivity contribution in [3.63, 3.8) is 0 Å². The predicted octanol–water partition coefficient (Wildman–Crippen LogP) is 2.14. The highest BCUT2D eigenvalue weighted by atomic mass is 32.1. The Labute approximate surface area is 83.4 Å². The molecule has 0 aliphatic carbocycles. The zero-order chi connectivity index (χ0) is 9.52. The molecular weight excluding hydrogens is 180 g/mol. The van der Waals surface area contributed by atoms with Gasteiger partial charge in [0.05, 0.1) is 12.6 Å². The lowest BCUT2D eigenvalue weighted by Crippen LogP contribution is -2.25. The molecule has 0 aliphatic heterocycles. The molecule has 0 aliphatic rings. The molecule has 0 spiro atoms. The van der Waals surface area contributed by atoms with Crippen LogP contribution in [0.3, 0.4) is 0 Å². The minimum Gasteiger partial charge on any atom is -0.291 e. The number of rotatable bonds is 5. The molecule has 0 saturated carbocycles. The van der Waals surface area contributed by atoms with Crippen molar-refractivity contribution in [1.82, 2.24) is 4.90 Å². The van der Waals surface area contributed by atoms with Crippen LogP contribution >= 0.6 is 11.3 Å². The summed E-state index contributed by atoms with van der Waals surface area (Å²) in [6.45, 7) is 4.57. The lowest BCUT2D eigenvalue weighted by molar-refractivity contribution is 0.327. The van der Waals surface area contributed by atoms with Crippen LogP contribution in [-0.2, 0) is 6.42 Å². The Morgan fingerprint density at radius 1 is 1.62 bits per heavy atom. The van der Waals surface area contributed by atoms with Crippen LogP contribution in [0.2, 0.25) is 0 Å². The summed E-state index contributed by atoms with van der Waals surface area (Å²) in [5, 5.41) is 12.8. The fourth-order valence-corrected chi connectivity index (χ4v) is 1.87. The van der Waals surface area contributed by atoms with Crippen LogP contribution in [0.4, 0.5) is 0 Å². The minimum absolute atomic E-state index is 0.542. The quantitative estimate of drug-likeness (QED) is 0.671. The highest BCUT2D eigenvalue weighted by Gasteiger charge is 2.01. The first kappa shape index (κ1) is 10.2. The summed E-state index contributed by atoms with van der Waals surface area (Å²) in [6, 6.07) is 4.32. The maximum atomic E-state index is 8.54. The number of likely N-dealkylation sites (N-methyl/N-ethyl adjacent to an activating group) is 1. The summed E-state index contributed by atoms with van der Waals surface area (Å²) >= 11 is 1.73. The van der Waals surface area contributed by atoms with Gasteiger partial charge in [-0.25, -0.2) is 0 Å². The smallest absolute Gasteiger partial charge is 0.0866 e. The van der Waals surface area contributed by atoms with E-state index in [-0.39, 0.29) is 0 Å². The molecule has 3 heteroatoms. The second-order valence-electron chi connectivity index (χ2n) is 2.91. The van der Waals surface area contributed by atoms with Gasteiger partial charge < -0.3 is 0 Å². The third-order valence-corrected chi connectivity index (χ3v) is 2.77. The highest BCUT2D eigenvalue weighted by Crippen LogP contribution is 2.07. The molecule has 0 aromatic carbocycles. The van der Waals surface area contributed by atoms with E-state index in [1.807, 2.05) is 0 Å². The Hall–Kier alpha value is -0.850. The van der Waals surface area contributed by atoms with Crippen molar-refractivity contribution in [2.24, 2.45) is 0 Å². The molecule has 13 heavy (non-hydrogen) atoms. The molecule has 1 heterocycles. The van der Waals surface area contributed by atoms with Gasteiger partial charge in [-0.3, -0.25) is 4.90 Å². The summed E-state index contributed by atoms with van der Waals surface area (Å²) in [6.07, 6.45) is 1.05. The zero-order valence-corrected chi connectivity index (χ0v) is 8.68. The van der Waals surface area contributed by atoms with E-state index in [1.54, 1.807) is 11.3 Å². The molecule has 0 radical (unpaired) electrons. The first-order chi connectivity index (χ1) is 6.36. The van der Waals surface area contributed by atoms with Gasteiger partial charge in [0.15, 0.2) is 0 Å². The zero-order valence-electron chi connectivity index (χ0n) is 7.86. The molecule has 0 amide bonds. The Morgan fingerprint density at radius 3 is 3.00 bits per heavy atom. The normalized spacial score (nSPS) is 10.2. The maximum Gasteiger partial charge on any atom is 0.0866 e. The van der Waals surface area contributed by atoms with Crippen molar-refractivity contribution in [1.29, 1.82) is 5.26 Å². The molecule has 70 valence electrons. The first-order valence-electron chi connectivity index (χ1n) is 4.47. The lowest BCUT2D eigenvalue weighted by Gasteiger charge is -2.15. The third-order valence-electron chi connectivity index (χ3n) is 2.04. The van der Waals surface area contributed by atoms with Crippen LogP contribution in [0.5, 0.6) is 0 Å². The number of hydrogen-bond donors (Lipinski definition) is 0. The minimum atomic E-state index is 0.542. The van der Waals surface area contributed by atoms with Crippen molar-refractivity contribution >= 4 is 11.3 Å². The van der Waals surface area contributed by atoms with E-state index >= 15 is 0 Å². The molecule has 0 bridgehead atoms. The molecule has 0 fully saturated rings. The van der Waals surface area contributed by atoms with Gasteiger partial charge in [0.2, 0.25) is 0 Å². The average molecular weight is 194 g/mol. The van der Waals surface area contributed by atoms with Gasteiger partial charge >= 0.3 is 0 Å². The lowest BCUT2D eigenvalue weighted by atomic mass is 10.2. The predicted molar refractivity (Wildman–Crippen MR) is 55.8 cm³/mol. The molecule has 1 aromatic heterocycles. The van der Waals surface area contributed by atoms with Crippen molar-refractivity contribution < 1.29 is 0 Å². The highest BCUT2D eigenvalue weighted by molar-refractivity contribution is 7.07. The summed E-state index contributed by atoms with van der Waals surface area (Å²) in [5.41, 5.74) is 1.38. The Morgan fingerprint density at radius 2 is 2.46 bits per heavy atom. The van der Waals surface area contributed by atoms with Gasteiger partial charge in [-0.05, 0) is 35.4 Å². The van der Waals surface area contributed by atoms with Crippen LogP contribution in [0, 0.1) is 11.3 Å². The fraction of sp³-hybridized carbons (Fsp3) is 0.500. The fourth-order valence-electron chi connectivity index (χ4n) is 1.17. The van der Waals surface area contributed by atoms with Crippen molar-refractivity contribution in [2.75, 3.05) is 19.6 Å². The molecule has 0 saturated heterocycles. The van der Waals surface area contributed by atoms with Crippen molar-refractivity contribution in [3.8, 4) is 6.07 Å². The standard InChI is InChI=1S/C10H14N2S/c1-2-12(7-5-11)6-3-10-4-8-13-9-10/h4,8-9H,2-3,6-7H2,1H3. The van der Waals surface area contributed by atoms with E-state index < -0.39 is 0 Å². The van der Waals surface area contributed by atoms with Crippen molar-refractivity contribution in [3.05, 3.63) is 22.4 Å². The monoisotopic (exact) mass is 194 g/mol. The van der Waals surface area contributed by atoms with Crippen molar-refractivity contribution in [2.45, 2.75) is 13.3 Å². The average Bonchev–Trinajstić information content (AvgIpc) is 2.64. The van der Waals surface area contributed by atoms with Gasteiger partial charge in [-0.15, -0.1) is 0 Å². The van der Waals surface area contributed by atoms with Crippen LogP contribution in [0.25, 0.3) is 0 Å². The largest absolute Gasteiger partial charge is 0.291 e. The van der Waals surface area contributed by atoms with E-state index in [2.05, 4.69) is 34.7 Å². The van der Waals surface area contributed by atoms with Crippen LogP contribution in [0.15, 0.2) is 16.8 Å². The van der Waals surface area contributed by atoms with E-state index in [1.165, 1.54) is 5.56 Å². The van der Waals surface area contributed by atoms with Gasteiger partial charge in [0, 0.05) is 6.54 Å². The molecule has 1 aromatic rings. The van der Waals surface area contributed by atoms with Gasteiger partial charge in [-0.2, -0.15) is 16.6 Å². The van der Waals surface area contributed by atoms with Crippen LogP contribution in [-0.4, -0.2) is 24.5 Å². The van der Waals surface area contributed by atoms with Gasteiger partial charge in [0.25, 0.3) is 0 Å². The van der Waals surface area contributed by atoms with Crippen LogP contribution in [0.1, 0.15) is 12.5 Å². The van der Waals surface area contributed by atoms with E-state index in [0.29, 0.717) is 6.54 Å². The SMILES string of the molecule is CCN(CC#N)CCc1ccsc1. The Bertz CT molecular complexity index is 261. The summed E-state index contributed by atoms with van der Waals surface area (Å²) < 4.78 is 0. The second kappa shape index (κ2) is 5.74. The van der Waals surface area contributed by atoms with E-state index in [4.69, 9.17) is 5.26 Å². The van der Waals surface area contributed by atoms with Gasteiger partial charge in [-0.1, -0.05) is 6.92 Å². The molecule has 2 nitrogen and oxygen atoms in total. The first-order valence-corrected chi connectivity index (χ1v) is 5.41. The van der Waals surface area contributed by atoms with E-state index in [9.17, 15) is 0 Å². The molecule has 0 unspecified atom stereocenters. The summed E-state index contributed by atoms with van der Waals surface area (Å²) in [5.74, 6) is 0. The topological polar surface area (TPSA) is 27.0 Å². The molecular formula is C10H14N2S. The Kier molecular flexibility index (Phi) is 4.52. The summed E-state index contributed by atoms with van der Waals surface area (Å²) in [4.78, 5) is 2.15. The second-order valence-corrected chi connectivity index (χ2v) is 3.69. The number of hydrogen-bond acceptors (Lipinski definition) is 3. The molecule has 1 rings (SSSR count). The number of thiophene rings is 1.